The average Bonchev–Trinajstić information content (AvgIpc) is 2.32. The first-order chi connectivity index (χ1) is 8.83. The van der Waals surface area contributed by atoms with Crippen molar-refractivity contribution in [2.24, 2.45) is 0 Å². The topological polar surface area (TPSA) is 51.4 Å². The molecule has 0 atom stereocenters. The van der Waals surface area contributed by atoms with Gasteiger partial charge in [0.05, 0.1) is 11.9 Å². The Bertz CT molecular complexity index is 398. The summed E-state index contributed by atoms with van der Waals surface area (Å²) in [6.07, 6.45) is 10.1. The first-order valence-electron chi connectivity index (χ1n) is 6.93. The SMILES string of the molecule is Nc1cnccc1OC1CCN(C2CCC2)CC1. The summed E-state index contributed by atoms with van der Waals surface area (Å²) in [5, 5.41) is 0. The number of ether oxygens (including phenoxy) is 1. The summed E-state index contributed by atoms with van der Waals surface area (Å²) in [5.74, 6) is 0.784. The fraction of sp³-hybridized carbons (Fsp3) is 0.643. The maximum Gasteiger partial charge on any atom is 0.145 e. The van der Waals surface area contributed by atoms with Crippen molar-refractivity contribution >= 4 is 5.69 Å². The summed E-state index contributed by atoms with van der Waals surface area (Å²) in [6, 6.07) is 2.71. The van der Waals surface area contributed by atoms with Gasteiger partial charge < -0.3 is 15.4 Å². The fourth-order valence-corrected chi connectivity index (χ4v) is 2.79. The molecule has 1 saturated heterocycles. The third-order valence-corrected chi connectivity index (χ3v) is 4.17. The number of pyridine rings is 1. The normalized spacial score (nSPS) is 22.7. The van der Waals surface area contributed by atoms with Gasteiger partial charge in [-0.25, -0.2) is 0 Å². The Kier molecular flexibility index (Phi) is 3.37. The molecule has 1 aromatic heterocycles. The molecule has 4 heteroatoms. The first kappa shape index (κ1) is 11.8. The van der Waals surface area contributed by atoms with Gasteiger partial charge >= 0.3 is 0 Å². The second kappa shape index (κ2) is 5.14. The van der Waals surface area contributed by atoms with Crippen LogP contribution in [-0.2, 0) is 0 Å². The maximum atomic E-state index is 5.97. The summed E-state index contributed by atoms with van der Waals surface area (Å²) in [4.78, 5) is 6.60. The minimum absolute atomic E-state index is 0.311. The zero-order valence-electron chi connectivity index (χ0n) is 10.7. The van der Waals surface area contributed by atoms with Crippen LogP contribution in [0.2, 0.25) is 0 Å². The molecule has 1 aliphatic carbocycles. The molecule has 0 aromatic carbocycles. The van der Waals surface area contributed by atoms with E-state index in [9.17, 15) is 0 Å². The quantitative estimate of drug-likeness (QED) is 0.888. The number of anilines is 1. The third-order valence-electron chi connectivity index (χ3n) is 4.17. The number of aromatic nitrogens is 1. The second-order valence-corrected chi connectivity index (χ2v) is 5.35. The highest BCUT2D eigenvalue weighted by molar-refractivity contribution is 5.49. The van der Waals surface area contributed by atoms with Gasteiger partial charge in [-0.05, 0) is 25.7 Å². The largest absolute Gasteiger partial charge is 0.488 e. The maximum absolute atomic E-state index is 5.97. The molecule has 98 valence electrons. The zero-order chi connectivity index (χ0) is 12.4. The number of likely N-dealkylation sites (tertiary alicyclic amines) is 1. The van der Waals surface area contributed by atoms with Crippen LogP contribution in [0.5, 0.6) is 5.75 Å². The molecular weight excluding hydrogens is 226 g/mol. The van der Waals surface area contributed by atoms with Gasteiger partial charge in [0.1, 0.15) is 11.9 Å². The molecule has 1 saturated carbocycles. The van der Waals surface area contributed by atoms with Crippen LogP contribution in [0.4, 0.5) is 5.69 Å². The lowest BCUT2D eigenvalue weighted by Crippen LogP contribution is -2.46. The summed E-state index contributed by atoms with van der Waals surface area (Å²) in [5.41, 5.74) is 6.48. The van der Waals surface area contributed by atoms with E-state index in [-0.39, 0.29) is 0 Å². The van der Waals surface area contributed by atoms with Gasteiger partial charge in [-0.1, -0.05) is 6.42 Å². The van der Waals surface area contributed by atoms with E-state index in [1.165, 1.54) is 32.4 Å². The highest BCUT2D eigenvalue weighted by Gasteiger charge is 2.29. The molecule has 2 fully saturated rings. The molecule has 4 nitrogen and oxygen atoms in total. The van der Waals surface area contributed by atoms with E-state index in [1.807, 2.05) is 6.07 Å². The van der Waals surface area contributed by atoms with E-state index in [1.54, 1.807) is 12.4 Å². The van der Waals surface area contributed by atoms with Crippen molar-refractivity contribution in [3.63, 3.8) is 0 Å². The van der Waals surface area contributed by atoms with Gasteiger partial charge in [0.25, 0.3) is 0 Å². The minimum atomic E-state index is 0.311. The van der Waals surface area contributed by atoms with Crippen LogP contribution in [0.1, 0.15) is 32.1 Å². The van der Waals surface area contributed by atoms with Crippen molar-refractivity contribution in [1.29, 1.82) is 0 Å². The molecule has 0 radical (unpaired) electrons. The van der Waals surface area contributed by atoms with Gasteiger partial charge in [-0.3, -0.25) is 4.98 Å². The lowest BCUT2D eigenvalue weighted by molar-refractivity contribution is 0.0496. The van der Waals surface area contributed by atoms with E-state index in [2.05, 4.69) is 9.88 Å². The second-order valence-electron chi connectivity index (χ2n) is 5.35. The average molecular weight is 247 g/mol. The number of hydrogen-bond acceptors (Lipinski definition) is 4. The monoisotopic (exact) mass is 247 g/mol. The van der Waals surface area contributed by atoms with Crippen molar-refractivity contribution < 1.29 is 4.74 Å². The Balaban J connectivity index is 1.52. The van der Waals surface area contributed by atoms with Crippen LogP contribution < -0.4 is 10.5 Å². The van der Waals surface area contributed by atoms with Crippen LogP contribution in [0.15, 0.2) is 18.5 Å². The fourth-order valence-electron chi connectivity index (χ4n) is 2.79. The van der Waals surface area contributed by atoms with Crippen molar-refractivity contribution in [3.05, 3.63) is 18.5 Å². The van der Waals surface area contributed by atoms with E-state index >= 15 is 0 Å². The summed E-state index contributed by atoms with van der Waals surface area (Å²) in [6.45, 7) is 2.33. The Morgan fingerprint density at radius 3 is 2.61 bits per heavy atom. The Labute approximate surface area is 108 Å². The Morgan fingerprint density at radius 2 is 2.00 bits per heavy atom. The molecule has 1 aromatic rings. The third kappa shape index (κ3) is 2.43. The molecule has 2 N–H and O–H groups in total. The van der Waals surface area contributed by atoms with Crippen LogP contribution >= 0.6 is 0 Å². The van der Waals surface area contributed by atoms with Gasteiger partial charge in [-0.15, -0.1) is 0 Å². The number of nitrogens with two attached hydrogens (primary N) is 1. The molecule has 0 bridgehead atoms. The summed E-state index contributed by atoms with van der Waals surface area (Å²) in [7, 11) is 0. The van der Waals surface area contributed by atoms with E-state index in [0.717, 1.165) is 24.6 Å². The molecular formula is C14H21N3O. The summed E-state index contributed by atoms with van der Waals surface area (Å²) >= 11 is 0. The molecule has 0 amide bonds. The molecule has 0 spiro atoms. The van der Waals surface area contributed by atoms with Crippen molar-refractivity contribution in [3.8, 4) is 5.75 Å². The highest BCUT2D eigenvalue weighted by Crippen LogP contribution is 2.29. The van der Waals surface area contributed by atoms with Gasteiger partial charge in [0.2, 0.25) is 0 Å². The lowest BCUT2D eigenvalue weighted by atomic mass is 9.90. The molecule has 18 heavy (non-hydrogen) atoms. The Morgan fingerprint density at radius 1 is 1.22 bits per heavy atom. The lowest BCUT2D eigenvalue weighted by Gasteiger charge is -2.41. The van der Waals surface area contributed by atoms with Crippen molar-refractivity contribution in [2.45, 2.75) is 44.2 Å². The first-order valence-corrected chi connectivity index (χ1v) is 6.93. The van der Waals surface area contributed by atoms with Crippen LogP contribution in [-0.4, -0.2) is 35.1 Å². The number of nitrogens with zero attached hydrogens (tertiary/aromatic N) is 2. The molecule has 1 aliphatic heterocycles. The van der Waals surface area contributed by atoms with Gasteiger partial charge in [0.15, 0.2) is 0 Å². The number of nitrogen functional groups attached to an aromatic ring is 1. The standard InChI is InChI=1S/C14H21N3O/c15-13-10-16-7-4-14(13)18-12-5-8-17(9-6-12)11-2-1-3-11/h4,7,10-12H,1-3,5-6,8-9,15H2. The van der Waals surface area contributed by atoms with E-state index < -0.39 is 0 Å². The van der Waals surface area contributed by atoms with Crippen LogP contribution in [0, 0.1) is 0 Å². The van der Waals surface area contributed by atoms with Crippen molar-refractivity contribution in [2.75, 3.05) is 18.8 Å². The van der Waals surface area contributed by atoms with Gasteiger partial charge in [-0.2, -0.15) is 0 Å². The number of piperidine rings is 1. The highest BCUT2D eigenvalue weighted by atomic mass is 16.5. The number of rotatable bonds is 3. The minimum Gasteiger partial charge on any atom is -0.488 e. The van der Waals surface area contributed by atoms with Crippen LogP contribution in [0.3, 0.4) is 0 Å². The molecule has 2 aliphatic rings. The molecule has 3 rings (SSSR count). The van der Waals surface area contributed by atoms with E-state index in [0.29, 0.717) is 11.8 Å². The predicted octanol–water partition coefficient (Wildman–Crippen LogP) is 2.06. The van der Waals surface area contributed by atoms with Crippen molar-refractivity contribution in [1.82, 2.24) is 9.88 Å². The van der Waals surface area contributed by atoms with Gasteiger partial charge in [0, 0.05) is 31.4 Å². The number of hydrogen-bond donors (Lipinski definition) is 1. The molecule has 0 unspecified atom stereocenters. The molecule has 2 heterocycles. The van der Waals surface area contributed by atoms with E-state index in [4.69, 9.17) is 10.5 Å². The van der Waals surface area contributed by atoms with Crippen LogP contribution in [0.25, 0.3) is 0 Å². The summed E-state index contributed by atoms with van der Waals surface area (Å²) < 4.78 is 5.97. The predicted molar refractivity (Wildman–Crippen MR) is 71.5 cm³/mol. The zero-order valence-corrected chi connectivity index (χ0v) is 10.7. The smallest absolute Gasteiger partial charge is 0.145 e. The Hall–Kier alpha value is -1.29.